The first kappa shape index (κ1) is 18.5. The standard InChI is InChI=1S/C22H18N2O5S/c1-26-15-3-4-16-14(11-29-19(16)10-15)9-21(25)24-22-23-17(12-30-22)13-2-5-18-20(8-13)28-7-6-27-18/h2-5,8,10-12H,6-7,9H2,1H3,(H,23,24,25). The number of hydrogen-bond acceptors (Lipinski definition) is 7. The number of benzene rings is 2. The van der Waals surface area contributed by atoms with Crippen molar-refractivity contribution in [2.24, 2.45) is 0 Å². The molecule has 0 unspecified atom stereocenters. The van der Waals surface area contributed by atoms with Crippen LogP contribution in [0, 0.1) is 0 Å². The van der Waals surface area contributed by atoms with Crippen molar-refractivity contribution in [3.05, 3.63) is 53.6 Å². The van der Waals surface area contributed by atoms with Crippen LogP contribution in [0.1, 0.15) is 5.56 Å². The molecule has 2 aromatic carbocycles. The minimum Gasteiger partial charge on any atom is -0.497 e. The molecule has 152 valence electrons. The first-order chi connectivity index (χ1) is 14.7. The minimum atomic E-state index is -0.156. The molecule has 5 rings (SSSR count). The van der Waals surface area contributed by atoms with E-state index in [-0.39, 0.29) is 12.3 Å². The van der Waals surface area contributed by atoms with Gasteiger partial charge in [-0.05, 0) is 30.3 Å². The SMILES string of the molecule is COc1ccc2c(CC(=O)Nc3nc(-c4ccc5c(c4)OCCO5)cs3)coc2c1. The number of nitrogens with one attached hydrogen (secondary N) is 1. The number of thiazole rings is 1. The van der Waals surface area contributed by atoms with Gasteiger partial charge in [0, 0.05) is 28.0 Å². The molecule has 1 aliphatic heterocycles. The predicted molar refractivity (Wildman–Crippen MR) is 114 cm³/mol. The Morgan fingerprint density at radius 3 is 2.90 bits per heavy atom. The Balaban J connectivity index is 1.29. The fourth-order valence-corrected chi connectivity index (χ4v) is 4.07. The van der Waals surface area contributed by atoms with Gasteiger partial charge in [-0.15, -0.1) is 11.3 Å². The summed E-state index contributed by atoms with van der Waals surface area (Å²) in [7, 11) is 1.60. The molecule has 0 spiro atoms. The number of fused-ring (bicyclic) bond motifs is 2. The number of hydrogen-bond donors (Lipinski definition) is 1. The third-order valence-corrected chi connectivity index (χ3v) is 5.56. The molecular formula is C22H18N2O5S. The Morgan fingerprint density at radius 1 is 1.17 bits per heavy atom. The molecule has 0 atom stereocenters. The maximum absolute atomic E-state index is 12.5. The predicted octanol–water partition coefficient (Wildman–Crippen LogP) is 4.52. The molecule has 0 aliphatic carbocycles. The lowest BCUT2D eigenvalue weighted by Gasteiger charge is -2.18. The highest BCUT2D eigenvalue weighted by Gasteiger charge is 2.16. The lowest BCUT2D eigenvalue weighted by atomic mass is 10.1. The van der Waals surface area contributed by atoms with Gasteiger partial charge >= 0.3 is 0 Å². The number of ether oxygens (including phenoxy) is 3. The third kappa shape index (κ3) is 3.57. The molecular weight excluding hydrogens is 404 g/mol. The van der Waals surface area contributed by atoms with E-state index in [9.17, 15) is 4.79 Å². The van der Waals surface area contributed by atoms with E-state index in [1.807, 2.05) is 35.7 Å². The number of carbonyl (C=O) groups is 1. The molecule has 1 aliphatic rings. The van der Waals surface area contributed by atoms with Crippen LogP contribution in [0.15, 0.2) is 52.5 Å². The van der Waals surface area contributed by atoms with Crippen LogP contribution >= 0.6 is 11.3 Å². The van der Waals surface area contributed by atoms with Crippen LogP contribution in [0.4, 0.5) is 5.13 Å². The van der Waals surface area contributed by atoms with Gasteiger partial charge < -0.3 is 23.9 Å². The molecule has 0 fully saturated rings. The summed E-state index contributed by atoms with van der Waals surface area (Å²) in [5, 5.41) is 6.20. The van der Waals surface area contributed by atoms with Gasteiger partial charge in [-0.1, -0.05) is 0 Å². The Labute approximate surface area is 176 Å². The quantitative estimate of drug-likeness (QED) is 0.509. The molecule has 0 saturated carbocycles. The van der Waals surface area contributed by atoms with Gasteiger partial charge in [-0.2, -0.15) is 0 Å². The van der Waals surface area contributed by atoms with E-state index in [1.165, 1.54) is 11.3 Å². The fraction of sp³-hybridized carbons (Fsp3) is 0.182. The number of methoxy groups -OCH3 is 1. The smallest absolute Gasteiger partial charge is 0.230 e. The summed E-state index contributed by atoms with van der Waals surface area (Å²) in [6.45, 7) is 1.09. The van der Waals surface area contributed by atoms with E-state index in [1.54, 1.807) is 19.4 Å². The van der Waals surface area contributed by atoms with Crippen molar-refractivity contribution in [1.82, 2.24) is 4.98 Å². The van der Waals surface area contributed by atoms with E-state index in [4.69, 9.17) is 18.6 Å². The molecule has 1 N–H and O–H groups in total. The second-order valence-corrected chi connectivity index (χ2v) is 7.60. The van der Waals surface area contributed by atoms with Crippen molar-refractivity contribution in [2.75, 3.05) is 25.6 Å². The topological polar surface area (TPSA) is 82.8 Å². The van der Waals surface area contributed by atoms with Crippen LogP contribution in [-0.2, 0) is 11.2 Å². The van der Waals surface area contributed by atoms with E-state index in [2.05, 4.69) is 10.3 Å². The zero-order valence-corrected chi connectivity index (χ0v) is 17.0. The zero-order valence-electron chi connectivity index (χ0n) is 16.1. The highest BCUT2D eigenvalue weighted by atomic mass is 32.1. The van der Waals surface area contributed by atoms with Crippen LogP contribution in [0.25, 0.3) is 22.2 Å². The van der Waals surface area contributed by atoms with Crippen molar-refractivity contribution in [1.29, 1.82) is 0 Å². The molecule has 0 bridgehead atoms. The number of amides is 1. The van der Waals surface area contributed by atoms with Crippen LogP contribution in [-0.4, -0.2) is 31.2 Å². The average molecular weight is 422 g/mol. The summed E-state index contributed by atoms with van der Waals surface area (Å²) in [5.74, 6) is 2.00. The molecule has 0 radical (unpaired) electrons. The van der Waals surface area contributed by atoms with Crippen LogP contribution in [0.2, 0.25) is 0 Å². The number of aromatic nitrogens is 1. The van der Waals surface area contributed by atoms with Crippen molar-refractivity contribution in [2.45, 2.75) is 6.42 Å². The van der Waals surface area contributed by atoms with Crippen molar-refractivity contribution >= 4 is 33.3 Å². The zero-order chi connectivity index (χ0) is 20.5. The highest BCUT2D eigenvalue weighted by Crippen LogP contribution is 2.35. The van der Waals surface area contributed by atoms with Crippen molar-refractivity contribution in [3.8, 4) is 28.5 Å². The number of rotatable bonds is 5. The molecule has 4 aromatic rings. The largest absolute Gasteiger partial charge is 0.497 e. The van der Waals surface area contributed by atoms with Crippen molar-refractivity contribution < 1.29 is 23.4 Å². The van der Waals surface area contributed by atoms with Crippen LogP contribution in [0.5, 0.6) is 17.2 Å². The van der Waals surface area contributed by atoms with Gasteiger partial charge in [0.1, 0.15) is 24.5 Å². The summed E-state index contributed by atoms with van der Waals surface area (Å²) >= 11 is 1.38. The molecule has 30 heavy (non-hydrogen) atoms. The maximum atomic E-state index is 12.5. The lowest BCUT2D eigenvalue weighted by Crippen LogP contribution is -2.15. The third-order valence-electron chi connectivity index (χ3n) is 4.80. The highest BCUT2D eigenvalue weighted by molar-refractivity contribution is 7.14. The van der Waals surface area contributed by atoms with Gasteiger partial charge in [0.2, 0.25) is 5.91 Å². The minimum absolute atomic E-state index is 0.156. The summed E-state index contributed by atoms with van der Waals surface area (Å²) in [6, 6.07) is 11.3. The molecule has 1 amide bonds. The molecule has 8 heteroatoms. The maximum Gasteiger partial charge on any atom is 0.230 e. The molecule has 0 saturated heterocycles. The summed E-state index contributed by atoms with van der Waals surface area (Å²) < 4.78 is 21.9. The molecule has 3 heterocycles. The molecule has 2 aromatic heterocycles. The summed E-state index contributed by atoms with van der Waals surface area (Å²) in [5.41, 5.74) is 3.18. The first-order valence-electron chi connectivity index (χ1n) is 9.39. The monoisotopic (exact) mass is 422 g/mol. The lowest BCUT2D eigenvalue weighted by molar-refractivity contribution is -0.115. The number of furan rings is 1. The van der Waals surface area contributed by atoms with Gasteiger partial charge in [-0.3, -0.25) is 4.79 Å². The first-order valence-corrected chi connectivity index (χ1v) is 10.3. The van der Waals surface area contributed by atoms with Crippen LogP contribution < -0.4 is 19.5 Å². The Bertz CT molecular complexity index is 1230. The average Bonchev–Trinajstić information content (AvgIpc) is 3.40. The second kappa shape index (κ2) is 7.72. The Kier molecular flexibility index (Phi) is 4.76. The van der Waals surface area contributed by atoms with E-state index >= 15 is 0 Å². The summed E-state index contributed by atoms with van der Waals surface area (Å²) in [6.07, 6.45) is 1.80. The van der Waals surface area contributed by atoms with Gasteiger partial charge in [-0.25, -0.2) is 4.98 Å². The second-order valence-electron chi connectivity index (χ2n) is 6.74. The summed E-state index contributed by atoms with van der Waals surface area (Å²) in [4.78, 5) is 17.1. The normalized spacial score (nSPS) is 12.7. The number of nitrogens with zero attached hydrogens (tertiary/aromatic N) is 1. The number of carbonyl (C=O) groups excluding carboxylic acids is 1. The van der Waals surface area contributed by atoms with Crippen molar-refractivity contribution in [3.63, 3.8) is 0 Å². The van der Waals surface area contributed by atoms with E-state index < -0.39 is 0 Å². The van der Waals surface area contributed by atoms with Gasteiger partial charge in [0.15, 0.2) is 16.6 Å². The molecule has 7 nitrogen and oxygen atoms in total. The fourth-order valence-electron chi connectivity index (χ4n) is 3.33. The van der Waals surface area contributed by atoms with Gasteiger partial charge in [0.05, 0.1) is 25.5 Å². The Morgan fingerprint density at radius 2 is 2.03 bits per heavy atom. The number of anilines is 1. The van der Waals surface area contributed by atoms with Crippen LogP contribution in [0.3, 0.4) is 0 Å². The van der Waals surface area contributed by atoms with E-state index in [0.29, 0.717) is 35.4 Å². The van der Waals surface area contributed by atoms with Gasteiger partial charge in [0.25, 0.3) is 0 Å². The Hall–Kier alpha value is -3.52. The van der Waals surface area contributed by atoms with E-state index in [0.717, 1.165) is 28.0 Å².